The van der Waals surface area contributed by atoms with Crippen molar-refractivity contribution in [2.45, 2.75) is 13.8 Å². The highest BCUT2D eigenvalue weighted by Gasteiger charge is 2.37. The first-order chi connectivity index (χ1) is 18.0. The van der Waals surface area contributed by atoms with Gasteiger partial charge in [0, 0.05) is 26.3 Å². The van der Waals surface area contributed by atoms with Gasteiger partial charge < -0.3 is 10.1 Å². The Labute approximate surface area is 233 Å². The average molecular weight is 573 g/mol. The fraction of sp³-hybridized carbons (Fsp3) is 0.111. The van der Waals surface area contributed by atoms with Crippen molar-refractivity contribution in [3.63, 3.8) is 0 Å². The van der Waals surface area contributed by atoms with E-state index in [4.69, 9.17) is 39.5 Å². The minimum atomic E-state index is -0.905. The zero-order valence-electron chi connectivity index (χ0n) is 20.1. The van der Waals surface area contributed by atoms with Crippen molar-refractivity contribution in [1.82, 2.24) is 5.32 Å². The van der Waals surface area contributed by atoms with Gasteiger partial charge in [-0.05, 0) is 73.5 Å². The number of aryl methyl sites for hydroxylation is 2. The van der Waals surface area contributed by atoms with Crippen LogP contribution >= 0.6 is 34.8 Å². The maximum absolute atomic E-state index is 13.3. The van der Waals surface area contributed by atoms with E-state index in [-0.39, 0.29) is 29.2 Å². The number of carbonyl (C=O) groups excluding carboxylic acids is 4. The third kappa shape index (κ3) is 5.99. The Bertz CT molecular complexity index is 1520. The number of anilines is 2. The number of benzene rings is 3. The van der Waals surface area contributed by atoms with Gasteiger partial charge in [-0.1, -0.05) is 46.9 Å². The molecule has 5 amide bonds. The van der Waals surface area contributed by atoms with Crippen LogP contribution in [0.4, 0.5) is 16.2 Å². The second-order valence-corrected chi connectivity index (χ2v) is 9.65. The Morgan fingerprint density at radius 3 is 2.37 bits per heavy atom. The molecule has 8 nitrogen and oxygen atoms in total. The normalized spacial score (nSPS) is 14.5. The van der Waals surface area contributed by atoms with Crippen LogP contribution < -0.4 is 20.3 Å². The van der Waals surface area contributed by atoms with E-state index in [9.17, 15) is 19.2 Å². The number of urea groups is 1. The number of barbiturate groups is 1. The van der Waals surface area contributed by atoms with Crippen molar-refractivity contribution in [3.8, 4) is 5.75 Å². The van der Waals surface area contributed by atoms with E-state index in [1.54, 1.807) is 37.3 Å². The van der Waals surface area contributed by atoms with Gasteiger partial charge in [-0.15, -0.1) is 0 Å². The summed E-state index contributed by atoms with van der Waals surface area (Å²) in [6.07, 6.45) is 1.25. The second-order valence-electron chi connectivity index (χ2n) is 8.37. The molecule has 0 atom stereocenters. The Morgan fingerprint density at radius 1 is 0.947 bits per heavy atom. The minimum Gasteiger partial charge on any atom is -0.483 e. The molecule has 0 aliphatic carbocycles. The molecule has 1 heterocycles. The van der Waals surface area contributed by atoms with Crippen LogP contribution in [-0.4, -0.2) is 30.4 Å². The first-order valence-electron chi connectivity index (χ1n) is 11.2. The van der Waals surface area contributed by atoms with E-state index in [1.165, 1.54) is 30.3 Å². The monoisotopic (exact) mass is 571 g/mol. The number of imide groups is 2. The summed E-state index contributed by atoms with van der Waals surface area (Å²) in [6.45, 7) is 3.16. The molecule has 11 heteroatoms. The molecule has 0 radical (unpaired) electrons. The number of hydrogen-bond donors (Lipinski definition) is 2. The molecule has 3 aromatic carbocycles. The van der Waals surface area contributed by atoms with Crippen molar-refractivity contribution < 1.29 is 23.9 Å². The summed E-state index contributed by atoms with van der Waals surface area (Å²) in [5, 5.41) is 5.96. The Hall–Kier alpha value is -3.85. The predicted octanol–water partition coefficient (Wildman–Crippen LogP) is 5.95. The number of hydrogen-bond acceptors (Lipinski definition) is 5. The Kier molecular flexibility index (Phi) is 8.06. The van der Waals surface area contributed by atoms with Gasteiger partial charge in [0.15, 0.2) is 6.61 Å². The van der Waals surface area contributed by atoms with E-state index in [2.05, 4.69) is 10.6 Å². The maximum Gasteiger partial charge on any atom is 0.335 e. The highest BCUT2D eigenvalue weighted by molar-refractivity contribution is 6.40. The largest absolute Gasteiger partial charge is 0.483 e. The number of nitrogens with one attached hydrogen (secondary N) is 2. The summed E-state index contributed by atoms with van der Waals surface area (Å²) in [5.41, 5.74) is 2.10. The number of halogens is 3. The number of rotatable bonds is 6. The van der Waals surface area contributed by atoms with E-state index in [1.807, 2.05) is 6.92 Å². The first kappa shape index (κ1) is 27.2. The summed E-state index contributed by atoms with van der Waals surface area (Å²) in [4.78, 5) is 51.8. The van der Waals surface area contributed by atoms with Crippen LogP contribution in [0.15, 0.2) is 60.2 Å². The standard InChI is InChI=1S/C27H20Cl3N3O5/c1-14-4-7-19(12-21(14)30)31-24(34)13-38-23-8-6-17(28)9-16(23)10-20-25(35)32-27(37)33(26(20)36)22-11-18(29)5-3-15(22)2/h3-12H,13H2,1-2H3,(H,31,34)(H,32,35,37)/b20-10+. The molecule has 0 saturated carbocycles. The summed E-state index contributed by atoms with van der Waals surface area (Å²) in [6, 6.07) is 13.4. The molecule has 1 fully saturated rings. The molecule has 0 spiro atoms. The molecule has 1 aliphatic rings. The molecular weight excluding hydrogens is 553 g/mol. The molecule has 194 valence electrons. The lowest BCUT2D eigenvalue weighted by atomic mass is 10.0. The molecular formula is C27H20Cl3N3O5. The highest BCUT2D eigenvalue weighted by atomic mass is 35.5. The lowest BCUT2D eigenvalue weighted by Gasteiger charge is -2.27. The Morgan fingerprint density at radius 2 is 1.63 bits per heavy atom. The van der Waals surface area contributed by atoms with Crippen molar-refractivity contribution in [2.75, 3.05) is 16.8 Å². The number of ether oxygens (including phenoxy) is 1. The second kappa shape index (κ2) is 11.3. The molecule has 2 N–H and O–H groups in total. The van der Waals surface area contributed by atoms with Crippen LogP contribution in [0.25, 0.3) is 6.08 Å². The van der Waals surface area contributed by atoms with Gasteiger partial charge >= 0.3 is 6.03 Å². The number of amides is 5. The molecule has 1 saturated heterocycles. The third-order valence-electron chi connectivity index (χ3n) is 5.60. The summed E-state index contributed by atoms with van der Waals surface area (Å²) in [7, 11) is 0. The molecule has 3 aromatic rings. The van der Waals surface area contributed by atoms with Crippen LogP contribution in [0, 0.1) is 13.8 Å². The van der Waals surface area contributed by atoms with Gasteiger partial charge in [0.25, 0.3) is 17.7 Å². The van der Waals surface area contributed by atoms with Crippen LogP contribution in [0.5, 0.6) is 5.75 Å². The van der Waals surface area contributed by atoms with Crippen molar-refractivity contribution >= 4 is 76.0 Å². The molecule has 1 aliphatic heterocycles. The molecule has 0 aromatic heterocycles. The van der Waals surface area contributed by atoms with Gasteiger partial charge in [0.1, 0.15) is 11.3 Å². The van der Waals surface area contributed by atoms with Gasteiger partial charge in [-0.2, -0.15) is 0 Å². The average Bonchev–Trinajstić information content (AvgIpc) is 2.85. The quantitative estimate of drug-likeness (QED) is 0.281. The van der Waals surface area contributed by atoms with Gasteiger partial charge in [-0.25, -0.2) is 9.69 Å². The summed E-state index contributed by atoms with van der Waals surface area (Å²) < 4.78 is 5.67. The van der Waals surface area contributed by atoms with Crippen molar-refractivity contribution in [3.05, 3.63) is 91.9 Å². The van der Waals surface area contributed by atoms with Crippen molar-refractivity contribution in [1.29, 1.82) is 0 Å². The lowest BCUT2D eigenvalue weighted by molar-refractivity contribution is -0.122. The van der Waals surface area contributed by atoms with Gasteiger partial charge in [0.2, 0.25) is 0 Å². The van der Waals surface area contributed by atoms with Crippen LogP contribution in [0.2, 0.25) is 15.1 Å². The SMILES string of the molecule is Cc1ccc(NC(=O)COc2ccc(Cl)cc2/C=C2\C(=O)NC(=O)N(c3cc(Cl)ccc3C)C2=O)cc1Cl. The van der Waals surface area contributed by atoms with Crippen LogP contribution in [0.3, 0.4) is 0 Å². The maximum atomic E-state index is 13.3. The van der Waals surface area contributed by atoms with Crippen LogP contribution in [0.1, 0.15) is 16.7 Å². The lowest BCUT2D eigenvalue weighted by Crippen LogP contribution is -2.54. The fourth-order valence-corrected chi connectivity index (χ4v) is 4.16. The Balaban J connectivity index is 1.59. The summed E-state index contributed by atoms with van der Waals surface area (Å²) in [5.74, 6) is -2.03. The number of nitrogens with zero attached hydrogens (tertiary/aromatic N) is 1. The van der Waals surface area contributed by atoms with E-state index >= 15 is 0 Å². The smallest absolute Gasteiger partial charge is 0.335 e. The highest BCUT2D eigenvalue weighted by Crippen LogP contribution is 2.30. The van der Waals surface area contributed by atoms with Crippen LogP contribution in [-0.2, 0) is 14.4 Å². The van der Waals surface area contributed by atoms with Crippen molar-refractivity contribution in [2.24, 2.45) is 0 Å². The minimum absolute atomic E-state index is 0.182. The zero-order valence-corrected chi connectivity index (χ0v) is 22.4. The van der Waals surface area contributed by atoms with E-state index in [0.29, 0.717) is 26.3 Å². The third-order valence-corrected chi connectivity index (χ3v) is 6.48. The molecule has 0 unspecified atom stereocenters. The molecule has 4 rings (SSSR count). The first-order valence-corrected chi connectivity index (χ1v) is 12.3. The van der Waals surface area contributed by atoms with Gasteiger partial charge in [0.05, 0.1) is 5.69 Å². The summed E-state index contributed by atoms with van der Waals surface area (Å²) >= 11 is 18.3. The topological polar surface area (TPSA) is 105 Å². The molecule has 0 bridgehead atoms. The van der Waals surface area contributed by atoms with E-state index < -0.39 is 23.8 Å². The van der Waals surface area contributed by atoms with Gasteiger partial charge in [-0.3, -0.25) is 19.7 Å². The predicted molar refractivity (Wildman–Crippen MR) is 147 cm³/mol. The van der Waals surface area contributed by atoms with E-state index in [0.717, 1.165) is 10.5 Å². The zero-order chi connectivity index (χ0) is 27.6. The molecule has 38 heavy (non-hydrogen) atoms. The number of carbonyl (C=O) groups is 4. The fourth-order valence-electron chi connectivity index (χ4n) is 3.63.